The number of ether oxygens (including phenoxy) is 2. The van der Waals surface area contributed by atoms with Crippen molar-refractivity contribution >= 4 is 23.2 Å². The van der Waals surface area contributed by atoms with Gasteiger partial charge in [0.05, 0.1) is 26.2 Å². The van der Waals surface area contributed by atoms with Gasteiger partial charge in [0.1, 0.15) is 0 Å². The lowest BCUT2D eigenvalue weighted by Gasteiger charge is -2.27. The lowest BCUT2D eigenvalue weighted by atomic mass is 10.2. The first-order chi connectivity index (χ1) is 11.7. The topological polar surface area (TPSA) is 51.7 Å². The van der Waals surface area contributed by atoms with E-state index in [-0.39, 0.29) is 12.3 Å². The van der Waals surface area contributed by atoms with Crippen LogP contribution in [0.4, 0.5) is 5.69 Å². The highest BCUT2D eigenvalue weighted by Gasteiger charge is 2.23. The van der Waals surface area contributed by atoms with Crippen LogP contribution in [0.2, 0.25) is 5.02 Å². The van der Waals surface area contributed by atoms with Crippen LogP contribution in [0.3, 0.4) is 0 Å². The normalized spacial score (nSPS) is 15.2. The minimum absolute atomic E-state index is 0.0620. The van der Waals surface area contributed by atoms with E-state index in [0.29, 0.717) is 24.8 Å². The summed E-state index contributed by atoms with van der Waals surface area (Å²) in [7, 11) is 0. The van der Waals surface area contributed by atoms with Gasteiger partial charge in [0.15, 0.2) is 6.29 Å². The van der Waals surface area contributed by atoms with Gasteiger partial charge < -0.3 is 14.4 Å². The molecule has 2 aromatic rings. The van der Waals surface area contributed by atoms with Crippen LogP contribution in [0.1, 0.15) is 18.4 Å². The van der Waals surface area contributed by atoms with E-state index in [1.54, 1.807) is 29.4 Å². The average molecular weight is 347 g/mol. The van der Waals surface area contributed by atoms with Gasteiger partial charge in [-0.3, -0.25) is 9.78 Å². The van der Waals surface area contributed by atoms with Crippen molar-refractivity contribution in [1.29, 1.82) is 0 Å². The lowest BCUT2D eigenvalue weighted by Crippen LogP contribution is -2.36. The Balaban J connectivity index is 1.77. The Kier molecular flexibility index (Phi) is 5.80. The Bertz CT molecular complexity index is 658. The fourth-order valence-corrected chi connectivity index (χ4v) is 2.65. The van der Waals surface area contributed by atoms with E-state index in [9.17, 15) is 4.79 Å². The number of amides is 1. The van der Waals surface area contributed by atoms with Gasteiger partial charge in [0.25, 0.3) is 0 Å². The molecule has 1 aromatic carbocycles. The molecule has 1 aliphatic heterocycles. The van der Waals surface area contributed by atoms with E-state index in [1.807, 2.05) is 24.3 Å². The zero-order chi connectivity index (χ0) is 16.8. The van der Waals surface area contributed by atoms with Gasteiger partial charge in [-0.15, -0.1) is 0 Å². The maximum Gasteiger partial charge on any atom is 0.232 e. The summed E-state index contributed by atoms with van der Waals surface area (Å²) in [5.74, 6) is -0.0620. The van der Waals surface area contributed by atoms with Gasteiger partial charge in [-0.05, 0) is 42.3 Å². The molecule has 1 aromatic heterocycles. The molecule has 0 radical (unpaired) electrons. The largest absolute Gasteiger partial charge is 0.352 e. The van der Waals surface area contributed by atoms with Crippen molar-refractivity contribution in [3.05, 3.63) is 59.4 Å². The quantitative estimate of drug-likeness (QED) is 0.832. The number of anilines is 1. The minimum atomic E-state index is -0.477. The van der Waals surface area contributed by atoms with Crippen molar-refractivity contribution in [2.45, 2.75) is 25.7 Å². The molecule has 0 saturated carbocycles. The van der Waals surface area contributed by atoms with Gasteiger partial charge in [-0.2, -0.15) is 0 Å². The zero-order valence-electron chi connectivity index (χ0n) is 13.2. The Morgan fingerprint density at radius 2 is 1.96 bits per heavy atom. The highest BCUT2D eigenvalue weighted by atomic mass is 35.5. The molecule has 1 aliphatic rings. The van der Waals surface area contributed by atoms with Crippen molar-refractivity contribution < 1.29 is 14.3 Å². The van der Waals surface area contributed by atoms with Gasteiger partial charge in [0, 0.05) is 23.1 Å². The molecule has 0 unspecified atom stereocenters. The molecule has 0 bridgehead atoms. The van der Waals surface area contributed by atoms with Crippen molar-refractivity contribution in [3.8, 4) is 0 Å². The number of rotatable bonds is 5. The predicted molar refractivity (Wildman–Crippen MR) is 91.8 cm³/mol. The van der Waals surface area contributed by atoms with E-state index in [1.165, 1.54) is 0 Å². The van der Waals surface area contributed by atoms with Crippen LogP contribution in [0, 0.1) is 0 Å². The number of hydrogen-bond donors (Lipinski definition) is 0. The molecule has 0 atom stereocenters. The summed E-state index contributed by atoms with van der Waals surface area (Å²) < 4.78 is 11.0. The van der Waals surface area contributed by atoms with Crippen molar-refractivity contribution in [2.75, 3.05) is 18.1 Å². The predicted octanol–water partition coefficient (Wildman–Crippen LogP) is 3.42. The molecule has 0 aliphatic carbocycles. The third-order valence-electron chi connectivity index (χ3n) is 3.74. The summed E-state index contributed by atoms with van der Waals surface area (Å²) in [6.45, 7) is 1.68. The molecule has 0 spiro atoms. The standard InChI is InChI=1S/C18H19ClN2O3/c19-15-4-6-16(7-5-15)21(13-14-3-1-8-20-12-14)17(22)11-18-23-9-2-10-24-18/h1,3-8,12,18H,2,9-11,13H2. The summed E-state index contributed by atoms with van der Waals surface area (Å²) in [5.41, 5.74) is 1.73. The first-order valence-corrected chi connectivity index (χ1v) is 8.28. The summed E-state index contributed by atoms with van der Waals surface area (Å²) in [5, 5.41) is 0.631. The highest BCUT2D eigenvalue weighted by molar-refractivity contribution is 6.30. The second-order valence-electron chi connectivity index (χ2n) is 5.55. The molecule has 5 nitrogen and oxygen atoms in total. The summed E-state index contributed by atoms with van der Waals surface area (Å²) in [6.07, 6.45) is 4.03. The third-order valence-corrected chi connectivity index (χ3v) is 3.99. The van der Waals surface area contributed by atoms with E-state index in [2.05, 4.69) is 4.98 Å². The first kappa shape index (κ1) is 16.9. The molecule has 24 heavy (non-hydrogen) atoms. The van der Waals surface area contributed by atoms with Crippen molar-refractivity contribution in [1.82, 2.24) is 4.98 Å². The van der Waals surface area contributed by atoms with Gasteiger partial charge >= 0.3 is 0 Å². The van der Waals surface area contributed by atoms with Gasteiger partial charge in [-0.1, -0.05) is 17.7 Å². The van der Waals surface area contributed by atoms with Crippen LogP contribution >= 0.6 is 11.6 Å². The second kappa shape index (κ2) is 8.24. The van der Waals surface area contributed by atoms with Gasteiger partial charge in [0.2, 0.25) is 5.91 Å². The van der Waals surface area contributed by atoms with Crippen molar-refractivity contribution in [3.63, 3.8) is 0 Å². The SMILES string of the molecule is O=C(CC1OCCCO1)N(Cc1cccnc1)c1ccc(Cl)cc1. The summed E-state index contributed by atoms with van der Waals surface area (Å²) in [4.78, 5) is 18.6. The number of carbonyl (C=O) groups excluding carboxylic acids is 1. The van der Waals surface area contributed by atoms with E-state index in [0.717, 1.165) is 17.7 Å². The number of carbonyl (C=O) groups is 1. The molecular formula is C18H19ClN2O3. The second-order valence-corrected chi connectivity index (χ2v) is 5.98. The minimum Gasteiger partial charge on any atom is -0.352 e. The number of halogens is 1. The molecule has 126 valence electrons. The Morgan fingerprint density at radius 3 is 2.62 bits per heavy atom. The molecular weight excluding hydrogens is 328 g/mol. The smallest absolute Gasteiger partial charge is 0.232 e. The van der Waals surface area contributed by atoms with Crippen LogP contribution < -0.4 is 4.90 Å². The fraction of sp³-hybridized carbons (Fsp3) is 0.333. The maximum absolute atomic E-state index is 12.8. The average Bonchev–Trinajstić information content (AvgIpc) is 2.62. The number of benzene rings is 1. The molecule has 3 rings (SSSR count). The Morgan fingerprint density at radius 1 is 1.21 bits per heavy atom. The monoisotopic (exact) mass is 346 g/mol. The number of pyridine rings is 1. The van der Waals surface area contributed by atoms with Gasteiger partial charge in [-0.25, -0.2) is 0 Å². The summed E-state index contributed by atoms with van der Waals surface area (Å²) >= 11 is 5.96. The van der Waals surface area contributed by atoms with Crippen LogP contribution in [-0.2, 0) is 20.8 Å². The number of aromatic nitrogens is 1. The molecule has 2 heterocycles. The molecule has 1 amide bonds. The van der Waals surface area contributed by atoms with Crippen LogP contribution in [0.5, 0.6) is 0 Å². The Hall–Kier alpha value is -1.95. The molecule has 1 saturated heterocycles. The van der Waals surface area contributed by atoms with E-state index < -0.39 is 6.29 Å². The van der Waals surface area contributed by atoms with Crippen LogP contribution in [0.15, 0.2) is 48.8 Å². The van der Waals surface area contributed by atoms with E-state index in [4.69, 9.17) is 21.1 Å². The Labute approximate surface area is 146 Å². The molecule has 6 heteroatoms. The number of nitrogens with zero attached hydrogens (tertiary/aromatic N) is 2. The van der Waals surface area contributed by atoms with Crippen molar-refractivity contribution in [2.24, 2.45) is 0 Å². The summed E-state index contributed by atoms with van der Waals surface area (Å²) in [6, 6.07) is 11.0. The van der Waals surface area contributed by atoms with Crippen LogP contribution in [-0.4, -0.2) is 30.4 Å². The zero-order valence-corrected chi connectivity index (χ0v) is 14.0. The third kappa shape index (κ3) is 4.54. The molecule has 0 N–H and O–H groups in total. The lowest BCUT2D eigenvalue weighted by molar-refractivity contribution is -0.183. The molecule has 1 fully saturated rings. The maximum atomic E-state index is 12.8. The highest BCUT2D eigenvalue weighted by Crippen LogP contribution is 2.22. The van der Waals surface area contributed by atoms with E-state index >= 15 is 0 Å². The van der Waals surface area contributed by atoms with Crippen LogP contribution in [0.25, 0.3) is 0 Å². The first-order valence-electron chi connectivity index (χ1n) is 7.90. The number of hydrogen-bond acceptors (Lipinski definition) is 4. The fourth-order valence-electron chi connectivity index (χ4n) is 2.53.